The zero-order valence-corrected chi connectivity index (χ0v) is 47.6. The number of rotatable bonds is 10. The summed E-state index contributed by atoms with van der Waals surface area (Å²) < 4.78 is 2.34. The largest absolute Gasteiger partial charge is 0.311 e. The fraction of sp³-hybridized carbons (Fsp3) is 0. The molecule has 12 aromatic carbocycles. The van der Waals surface area contributed by atoms with Gasteiger partial charge in [-0.2, -0.15) is 0 Å². The van der Waals surface area contributed by atoms with E-state index < -0.39 is 0 Å². The lowest BCUT2D eigenvalue weighted by atomic mass is 9.33. The van der Waals surface area contributed by atoms with Gasteiger partial charge in [0.1, 0.15) is 0 Å². The van der Waals surface area contributed by atoms with E-state index in [0.717, 1.165) is 94.8 Å². The van der Waals surface area contributed by atoms with Crippen molar-refractivity contribution in [3.63, 3.8) is 0 Å². The molecule has 2 aliphatic heterocycles. The zero-order chi connectivity index (χ0) is 58.1. The maximum absolute atomic E-state index is 5.53. The van der Waals surface area contributed by atoms with Crippen molar-refractivity contribution in [2.24, 2.45) is 0 Å². The standard InChI is InChI=1S/C79H51BN8/c1-5-23-53(24-6-1)66-51-67(82-76(81-66)54-25-7-2-8-26-54)57-45-48-70(88-68-37-17-13-33-61(68)62-34-14-18-38-69(62)88)63(50-57)79-84-77(55-27-9-3-10-28-55)83-78(85-79)58-30-21-29-56(49-58)52-43-46-60(47-44-52)87-72-40-20-16-36-65(72)80-64-35-15-19-39-71(64)86(59-31-11-4-12-32-59)73-41-22-42-74(87)75(73)80/h1-51H. The molecule has 0 saturated carbocycles. The third kappa shape index (κ3) is 8.58. The number of benzene rings is 12. The Balaban J connectivity index is 0.805. The van der Waals surface area contributed by atoms with Crippen LogP contribution in [0.25, 0.3) is 107 Å². The molecule has 15 aromatic rings. The first-order chi connectivity index (χ1) is 43.6. The highest BCUT2D eigenvalue weighted by Gasteiger charge is 2.42. The SMILES string of the molecule is c1ccc(-c2cc(-c3ccc(-n4c5ccccc5c5ccccc54)c(-c4nc(-c5ccccc5)nc(-c5cccc(-c6ccc(N7c8ccccc8B8c9ccccc9N(c9ccccc9)c9cccc7c98)cc6)c5)n4)c3)nc(-c3ccccc3)n2)cc1. The molecule has 8 nitrogen and oxygen atoms in total. The maximum atomic E-state index is 5.53. The molecule has 0 atom stereocenters. The van der Waals surface area contributed by atoms with Gasteiger partial charge in [-0.3, -0.25) is 0 Å². The highest BCUT2D eigenvalue weighted by Crippen LogP contribution is 2.45. The second-order valence-corrected chi connectivity index (χ2v) is 22.4. The highest BCUT2D eigenvalue weighted by molar-refractivity contribution is 7.00. The molecule has 0 bridgehead atoms. The van der Waals surface area contributed by atoms with Gasteiger partial charge in [0.15, 0.2) is 23.3 Å². The van der Waals surface area contributed by atoms with Gasteiger partial charge in [-0.1, -0.05) is 224 Å². The normalized spacial score (nSPS) is 12.2. The van der Waals surface area contributed by atoms with E-state index in [9.17, 15) is 0 Å². The minimum atomic E-state index is 0.0685. The van der Waals surface area contributed by atoms with E-state index >= 15 is 0 Å². The second kappa shape index (κ2) is 21.1. The van der Waals surface area contributed by atoms with Crippen LogP contribution in [0.4, 0.5) is 34.1 Å². The average Bonchev–Trinajstić information content (AvgIpc) is 2.25. The Morgan fingerprint density at radius 2 is 0.682 bits per heavy atom. The molecular weight excluding hydrogens is 1070 g/mol. The Kier molecular flexibility index (Phi) is 12.1. The third-order valence-electron chi connectivity index (χ3n) is 17.3. The quantitative estimate of drug-likeness (QED) is 0.126. The fourth-order valence-corrected chi connectivity index (χ4v) is 13.3. The monoisotopic (exact) mass is 1120 g/mol. The molecule has 0 radical (unpaired) electrons. The summed E-state index contributed by atoms with van der Waals surface area (Å²) in [4.78, 5) is 31.6. The molecule has 5 heterocycles. The Hall–Kier alpha value is -11.8. The van der Waals surface area contributed by atoms with Crippen LogP contribution in [0, 0.1) is 0 Å². The van der Waals surface area contributed by atoms with Crippen LogP contribution in [-0.4, -0.2) is 36.2 Å². The van der Waals surface area contributed by atoms with E-state index in [1.54, 1.807) is 0 Å². The van der Waals surface area contributed by atoms with E-state index in [4.69, 9.17) is 24.9 Å². The van der Waals surface area contributed by atoms with Crippen LogP contribution in [0.15, 0.2) is 309 Å². The van der Waals surface area contributed by atoms with Crippen molar-refractivity contribution >= 4 is 79.0 Å². The molecule has 410 valence electrons. The third-order valence-corrected chi connectivity index (χ3v) is 17.3. The Labute approximate surface area is 509 Å². The summed E-state index contributed by atoms with van der Waals surface area (Å²) >= 11 is 0. The molecule has 17 rings (SSSR count). The summed E-state index contributed by atoms with van der Waals surface area (Å²) in [6, 6.07) is 109. The molecule has 3 aromatic heterocycles. The van der Waals surface area contributed by atoms with Crippen LogP contribution in [0.1, 0.15) is 0 Å². The summed E-state index contributed by atoms with van der Waals surface area (Å²) in [7, 11) is 0. The van der Waals surface area contributed by atoms with Gasteiger partial charge >= 0.3 is 0 Å². The molecule has 0 fully saturated rings. The molecule has 0 spiro atoms. The number of hydrogen-bond donors (Lipinski definition) is 0. The van der Waals surface area contributed by atoms with Gasteiger partial charge in [-0.15, -0.1) is 0 Å². The van der Waals surface area contributed by atoms with Crippen LogP contribution in [0.5, 0.6) is 0 Å². The highest BCUT2D eigenvalue weighted by atomic mass is 15.2. The summed E-state index contributed by atoms with van der Waals surface area (Å²) in [6.07, 6.45) is 0. The number of nitrogens with zero attached hydrogens (tertiary/aromatic N) is 8. The molecular formula is C79H51BN8. The second-order valence-electron chi connectivity index (χ2n) is 22.4. The van der Waals surface area contributed by atoms with Crippen LogP contribution < -0.4 is 26.2 Å². The average molecular weight is 1120 g/mol. The van der Waals surface area contributed by atoms with Crippen molar-refractivity contribution in [1.29, 1.82) is 0 Å². The number of aromatic nitrogens is 6. The van der Waals surface area contributed by atoms with Gasteiger partial charge in [0.05, 0.1) is 28.1 Å². The number of hydrogen-bond acceptors (Lipinski definition) is 7. The van der Waals surface area contributed by atoms with E-state index in [-0.39, 0.29) is 6.71 Å². The minimum Gasteiger partial charge on any atom is -0.311 e. The van der Waals surface area contributed by atoms with Gasteiger partial charge < -0.3 is 14.4 Å². The summed E-state index contributed by atoms with van der Waals surface area (Å²) in [6.45, 7) is 0.0685. The topological polar surface area (TPSA) is 75.9 Å². The van der Waals surface area contributed by atoms with Crippen molar-refractivity contribution in [2.75, 3.05) is 9.80 Å². The van der Waals surface area contributed by atoms with Gasteiger partial charge in [0.25, 0.3) is 6.71 Å². The Morgan fingerprint density at radius 3 is 1.30 bits per heavy atom. The smallest absolute Gasteiger partial charge is 0.252 e. The van der Waals surface area contributed by atoms with Gasteiger partial charge in [-0.05, 0) is 112 Å². The van der Waals surface area contributed by atoms with E-state index in [1.165, 1.54) is 39.1 Å². The van der Waals surface area contributed by atoms with E-state index in [1.807, 2.05) is 54.6 Å². The molecule has 9 heteroatoms. The van der Waals surface area contributed by atoms with Crippen molar-refractivity contribution < 1.29 is 0 Å². The first kappa shape index (κ1) is 50.7. The lowest BCUT2D eigenvalue weighted by Gasteiger charge is -2.44. The van der Waals surface area contributed by atoms with Gasteiger partial charge in [-0.25, -0.2) is 24.9 Å². The van der Waals surface area contributed by atoms with Crippen molar-refractivity contribution in [2.45, 2.75) is 0 Å². The predicted molar refractivity (Wildman–Crippen MR) is 362 cm³/mol. The molecule has 0 unspecified atom stereocenters. The number of para-hydroxylation sites is 5. The van der Waals surface area contributed by atoms with Gasteiger partial charge in [0, 0.05) is 78.3 Å². The maximum Gasteiger partial charge on any atom is 0.252 e. The fourth-order valence-electron chi connectivity index (χ4n) is 13.3. The zero-order valence-electron chi connectivity index (χ0n) is 47.6. The Morgan fingerprint density at radius 1 is 0.250 bits per heavy atom. The van der Waals surface area contributed by atoms with Crippen LogP contribution in [0.2, 0.25) is 0 Å². The summed E-state index contributed by atoms with van der Waals surface area (Å²) in [5.41, 5.74) is 23.0. The number of fused-ring (bicyclic) bond motifs is 7. The first-order valence-electron chi connectivity index (χ1n) is 29.8. The minimum absolute atomic E-state index is 0.0685. The van der Waals surface area contributed by atoms with Crippen molar-refractivity contribution in [1.82, 2.24) is 29.5 Å². The van der Waals surface area contributed by atoms with E-state index in [2.05, 4.69) is 269 Å². The lowest BCUT2D eigenvalue weighted by Crippen LogP contribution is -2.61. The first-order valence-corrected chi connectivity index (χ1v) is 29.8. The molecule has 0 N–H and O–H groups in total. The van der Waals surface area contributed by atoms with Gasteiger partial charge in [0.2, 0.25) is 0 Å². The Bertz CT molecular complexity index is 5060. The molecule has 88 heavy (non-hydrogen) atoms. The molecule has 0 amide bonds. The molecule has 2 aliphatic rings. The molecule has 0 saturated heterocycles. The summed E-state index contributed by atoms with van der Waals surface area (Å²) in [5.74, 6) is 2.29. The summed E-state index contributed by atoms with van der Waals surface area (Å²) in [5, 5.41) is 2.31. The predicted octanol–water partition coefficient (Wildman–Crippen LogP) is 17.5. The van der Waals surface area contributed by atoms with Crippen LogP contribution in [0.3, 0.4) is 0 Å². The van der Waals surface area contributed by atoms with Crippen LogP contribution in [-0.2, 0) is 0 Å². The van der Waals surface area contributed by atoms with Crippen molar-refractivity contribution in [3.8, 4) is 84.9 Å². The van der Waals surface area contributed by atoms with E-state index in [0.29, 0.717) is 23.3 Å². The lowest BCUT2D eigenvalue weighted by molar-refractivity contribution is 1.06. The molecule has 0 aliphatic carbocycles. The van der Waals surface area contributed by atoms with Crippen LogP contribution >= 0.6 is 0 Å². The number of anilines is 6. The van der Waals surface area contributed by atoms with Crippen molar-refractivity contribution in [3.05, 3.63) is 309 Å².